The van der Waals surface area contributed by atoms with Crippen molar-refractivity contribution in [1.82, 2.24) is 5.32 Å². The van der Waals surface area contributed by atoms with E-state index in [1.54, 1.807) is 0 Å². The lowest BCUT2D eigenvalue weighted by Crippen LogP contribution is -2.35. The Hall–Kier alpha value is -2.16. The maximum absolute atomic E-state index is 6.65. The molecule has 3 N–H and O–H groups in total. The summed E-state index contributed by atoms with van der Waals surface area (Å²) in [6, 6.07) is 25.7. The van der Waals surface area contributed by atoms with E-state index in [1.807, 2.05) is 13.1 Å². The van der Waals surface area contributed by atoms with Gasteiger partial charge in [-0.2, -0.15) is 0 Å². The maximum Gasteiger partial charge on any atom is 0.0379 e. The van der Waals surface area contributed by atoms with Gasteiger partial charge < -0.3 is 11.1 Å². The first-order chi connectivity index (χ1) is 11.2. The second kappa shape index (κ2) is 6.95. The van der Waals surface area contributed by atoms with Crippen molar-refractivity contribution >= 4 is 10.8 Å². The van der Waals surface area contributed by atoms with Crippen LogP contribution >= 0.6 is 0 Å². The van der Waals surface area contributed by atoms with E-state index in [0.717, 1.165) is 0 Å². The highest BCUT2D eigenvalue weighted by molar-refractivity contribution is 5.83. The first-order valence-electron chi connectivity index (χ1n) is 8.17. The molecule has 0 aliphatic carbocycles. The lowest BCUT2D eigenvalue weighted by atomic mass is 9.82. The molecule has 0 spiro atoms. The molecule has 0 fully saturated rings. The molecular formula is C21H24N2. The van der Waals surface area contributed by atoms with Crippen LogP contribution in [-0.2, 0) is 0 Å². The van der Waals surface area contributed by atoms with Gasteiger partial charge >= 0.3 is 0 Å². The molecule has 3 aromatic carbocycles. The van der Waals surface area contributed by atoms with Crippen molar-refractivity contribution in [2.24, 2.45) is 5.73 Å². The zero-order valence-electron chi connectivity index (χ0n) is 13.7. The number of nitrogens with one attached hydrogen (secondary N) is 1. The summed E-state index contributed by atoms with van der Waals surface area (Å²) < 4.78 is 0. The second-order valence-electron chi connectivity index (χ2n) is 6.15. The van der Waals surface area contributed by atoms with Gasteiger partial charge in [0, 0.05) is 18.0 Å². The van der Waals surface area contributed by atoms with Crippen LogP contribution < -0.4 is 11.1 Å². The summed E-state index contributed by atoms with van der Waals surface area (Å²) in [5.41, 5.74) is 9.11. The summed E-state index contributed by atoms with van der Waals surface area (Å²) in [5.74, 6) is 0.215. The van der Waals surface area contributed by atoms with Gasteiger partial charge in [-0.05, 0) is 35.9 Å². The lowest BCUT2D eigenvalue weighted by Gasteiger charge is -2.30. The third kappa shape index (κ3) is 3.29. The Labute approximate surface area is 138 Å². The zero-order valence-corrected chi connectivity index (χ0v) is 13.7. The van der Waals surface area contributed by atoms with E-state index in [9.17, 15) is 0 Å². The predicted molar refractivity (Wildman–Crippen MR) is 98.6 cm³/mol. The average molecular weight is 304 g/mol. The van der Waals surface area contributed by atoms with Gasteiger partial charge in [0.1, 0.15) is 0 Å². The molecule has 0 saturated carbocycles. The normalized spacial score (nSPS) is 15.3. The summed E-state index contributed by atoms with van der Waals surface area (Å²) in [6.45, 7) is 2.20. The fourth-order valence-electron chi connectivity index (χ4n) is 3.28. The molecule has 3 rings (SSSR count). The number of benzene rings is 3. The molecule has 118 valence electrons. The van der Waals surface area contributed by atoms with E-state index >= 15 is 0 Å². The number of likely N-dealkylation sites (N-methyl/N-ethyl adjacent to an activating group) is 1. The van der Waals surface area contributed by atoms with Crippen LogP contribution in [0.25, 0.3) is 10.8 Å². The van der Waals surface area contributed by atoms with Gasteiger partial charge in [-0.25, -0.2) is 0 Å². The molecule has 0 aromatic heterocycles. The summed E-state index contributed by atoms with van der Waals surface area (Å²) in [6.07, 6.45) is 0. The minimum atomic E-state index is -0.0418. The van der Waals surface area contributed by atoms with Gasteiger partial charge in [-0.15, -0.1) is 0 Å². The van der Waals surface area contributed by atoms with E-state index in [0.29, 0.717) is 0 Å². The quantitative estimate of drug-likeness (QED) is 0.740. The Morgan fingerprint density at radius 3 is 2.13 bits per heavy atom. The molecule has 0 bridgehead atoms. The topological polar surface area (TPSA) is 38.0 Å². The predicted octanol–water partition coefficient (Wildman–Crippen LogP) is 4.23. The molecule has 0 aliphatic heterocycles. The van der Waals surface area contributed by atoms with Crippen LogP contribution in [0.3, 0.4) is 0 Å². The highest BCUT2D eigenvalue weighted by Gasteiger charge is 2.26. The smallest absolute Gasteiger partial charge is 0.0379 e. The van der Waals surface area contributed by atoms with Crippen LogP contribution in [0, 0.1) is 0 Å². The van der Waals surface area contributed by atoms with Gasteiger partial charge in [0.15, 0.2) is 0 Å². The zero-order chi connectivity index (χ0) is 16.2. The monoisotopic (exact) mass is 304 g/mol. The molecule has 2 heteroatoms. The first-order valence-corrected chi connectivity index (χ1v) is 8.17. The Morgan fingerprint density at radius 2 is 1.43 bits per heavy atom. The molecule has 0 aliphatic rings. The third-order valence-electron chi connectivity index (χ3n) is 4.72. The first kappa shape index (κ1) is 15.7. The SMILES string of the molecule is CNC(C)C(c1ccc2ccccc2c1)C(N)c1ccccc1. The Morgan fingerprint density at radius 1 is 0.783 bits per heavy atom. The summed E-state index contributed by atoms with van der Waals surface area (Å²) in [4.78, 5) is 0. The number of fused-ring (bicyclic) bond motifs is 1. The van der Waals surface area contributed by atoms with Crippen LogP contribution in [0.15, 0.2) is 72.8 Å². The second-order valence-corrected chi connectivity index (χ2v) is 6.15. The fourth-order valence-corrected chi connectivity index (χ4v) is 3.28. The van der Waals surface area contributed by atoms with E-state index in [-0.39, 0.29) is 18.0 Å². The van der Waals surface area contributed by atoms with Gasteiger partial charge in [0.25, 0.3) is 0 Å². The van der Waals surface area contributed by atoms with Crippen LogP contribution in [0.1, 0.15) is 30.0 Å². The van der Waals surface area contributed by atoms with Gasteiger partial charge in [0.05, 0.1) is 0 Å². The fraction of sp³-hybridized carbons (Fsp3) is 0.238. The van der Waals surface area contributed by atoms with E-state index in [4.69, 9.17) is 5.73 Å². The summed E-state index contributed by atoms with van der Waals surface area (Å²) >= 11 is 0. The van der Waals surface area contributed by atoms with Crippen molar-refractivity contribution in [1.29, 1.82) is 0 Å². The average Bonchev–Trinajstić information content (AvgIpc) is 2.62. The highest BCUT2D eigenvalue weighted by Crippen LogP contribution is 2.33. The minimum Gasteiger partial charge on any atom is -0.323 e. The van der Waals surface area contributed by atoms with Crippen molar-refractivity contribution in [2.45, 2.75) is 24.9 Å². The van der Waals surface area contributed by atoms with Crippen LogP contribution in [0.5, 0.6) is 0 Å². The molecule has 0 amide bonds. The molecule has 23 heavy (non-hydrogen) atoms. The molecule has 0 heterocycles. The van der Waals surface area contributed by atoms with Crippen molar-refractivity contribution in [3.05, 3.63) is 83.9 Å². The molecule has 2 nitrogen and oxygen atoms in total. The summed E-state index contributed by atoms with van der Waals surface area (Å²) in [5, 5.41) is 5.91. The summed E-state index contributed by atoms with van der Waals surface area (Å²) in [7, 11) is 2.00. The standard InChI is InChI=1S/C21H24N2/c1-15(23-2)20(21(22)17-9-4-3-5-10-17)19-13-12-16-8-6-7-11-18(16)14-19/h3-15,20-21,23H,22H2,1-2H3. The van der Waals surface area contributed by atoms with Crippen molar-refractivity contribution in [3.63, 3.8) is 0 Å². The lowest BCUT2D eigenvalue weighted by molar-refractivity contribution is 0.431. The molecule has 3 atom stereocenters. The third-order valence-corrected chi connectivity index (χ3v) is 4.72. The Kier molecular flexibility index (Phi) is 4.75. The number of hydrogen-bond donors (Lipinski definition) is 2. The Balaban J connectivity index is 2.03. The van der Waals surface area contributed by atoms with Crippen molar-refractivity contribution in [3.8, 4) is 0 Å². The molecule has 3 aromatic rings. The number of rotatable bonds is 5. The molecular weight excluding hydrogens is 280 g/mol. The van der Waals surface area contributed by atoms with E-state index < -0.39 is 0 Å². The molecule has 3 unspecified atom stereocenters. The van der Waals surface area contributed by atoms with Gasteiger partial charge in [0.2, 0.25) is 0 Å². The van der Waals surface area contributed by atoms with Gasteiger partial charge in [-0.1, -0.05) is 72.8 Å². The van der Waals surface area contributed by atoms with E-state index in [1.165, 1.54) is 21.9 Å². The number of nitrogens with two attached hydrogens (primary N) is 1. The van der Waals surface area contributed by atoms with Crippen molar-refractivity contribution in [2.75, 3.05) is 7.05 Å². The Bertz CT molecular complexity index is 767. The molecule has 0 radical (unpaired) electrons. The number of hydrogen-bond acceptors (Lipinski definition) is 2. The van der Waals surface area contributed by atoms with Crippen molar-refractivity contribution < 1.29 is 0 Å². The van der Waals surface area contributed by atoms with Crippen LogP contribution in [-0.4, -0.2) is 13.1 Å². The van der Waals surface area contributed by atoms with E-state index in [2.05, 4.69) is 79.0 Å². The van der Waals surface area contributed by atoms with Gasteiger partial charge in [-0.3, -0.25) is 0 Å². The maximum atomic E-state index is 6.65. The van der Waals surface area contributed by atoms with Crippen LogP contribution in [0.4, 0.5) is 0 Å². The molecule has 0 saturated heterocycles. The van der Waals surface area contributed by atoms with Crippen LogP contribution in [0.2, 0.25) is 0 Å². The largest absolute Gasteiger partial charge is 0.323 e. The highest BCUT2D eigenvalue weighted by atomic mass is 14.9. The minimum absolute atomic E-state index is 0.0418.